The zero-order valence-corrected chi connectivity index (χ0v) is 15.3. The first-order chi connectivity index (χ1) is 12.6. The second-order valence-corrected chi connectivity index (χ2v) is 7.18. The maximum atomic E-state index is 11.0. The molecule has 0 unspecified atom stereocenters. The van der Waals surface area contributed by atoms with Crippen LogP contribution in [0.1, 0.15) is 53.6 Å². The Morgan fingerprint density at radius 3 is 2.27 bits per heavy atom. The number of ether oxygens (including phenoxy) is 1. The fourth-order valence-corrected chi connectivity index (χ4v) is 3.95. The zero-order valence-electron chi connectivity index (χ0n) is 15.3. The molecule has 1 aliphatic carbocycles. The molecule has 2 aromatic carbocycles. The van der Waals surface area contributed by atoms with Gasteiger partial charge in [-0.1, -0.05) is 43.5 Å². The van der Waals surface area contributed by atoms with E-state index in [0.29, 0.717) is 5.56 Å². The van der Waals surface area contributed by atoms with E-state index in [-0.39, 0.29) is 5.41 Å². The molecule has 0 heterocycles. The lowest BCUT2D eigenvalue weighted by Crippen LogP contribution is -2.39. The highest BCUT2D eigenvalue weighted by Crippen LogP contribution is 2.39. The van der Waals surface area contributed by atoms with E-state index in [1.165, 1.54) is 37.7 Å². The minimum Gasteiger partial charge on any atom is -0.497 e. The molecule has 1 aliphatic rings. The molecule has 0 aliphatic heterocycles. The van der Waals surface area contributed by atoms with E-state index in [9.17, 15) is 4.79 Å². The lowest BCUT2D eigenvalue weighted by Gasteiger charge is -2.38. The van der Waals surface area contributed by atoms with Crippen LogP contribution in [0, 0.1) is 0 Å². The molecule has 0 saturated heterocycles. The van der Waals surface area contributed by atoms with E-state index in [2.05, 4.69) is 29.6 Å². The van der Waals surface area contributed by atoms with Gasteiger partial charge in [-0.2, -0.15) is 0 Å². The average molecular weight is 353 g/mol. The Morgan fingerprint density at radius 1 is 1.04 bits per heavy atom. The first-order valence-electron chi connectivity index (χ1n) is 9.30. The van der Waals surface area contributed by atoms with E-state index in [4.69, 9.17) is 9.84 Å². The Labute approximate surface area is 155 Å². The third kappa shape index (κ3) is 4.25. The third-order valence-corrected chi connectivity index (χ3v) is 5.51. The molecule has 26 heavy (non-hydrogen) atoms. The molecule has 0 amide bonds. The molecule has 0 radical (unpaired) electrons. The number of hydrogen-bond donors (Lipinski definition) is 2. The second kappa shape index (κ2) is 8.37. The predicted octanol–water partition coefficient (Wildman–Crippen LogP) is 4.39. The quantitative estimate of drug-likeness (QED) is 0.775. The highest BCUT2D eigenvalue weighted by Gasteiger charge is 2.33. The second-order valence-electron chi connectivity index (χ2n) is 7.18. The Hall–Kier alpha value is -2.33. The number of methoxy groups -OCH3 is 1. The zero-order chi connectivity index (χ0) is 18.4. The Kier molecular flexibility index (Phi) is 5.94. The highest BCUT2D eigenvalue weighted by atomic mass is 16.5. The fourth-order valence-electron chi connectivity index (χ4n) is 3.95. The van der Waals surface area contributed by atoms with Crippen LogP contribution in [0.15, 0.2) is 48.5 Å². The summed E-state index contributed by atoms with van der Waals surface area (Å²) < 4.78 is 5.30. The lowest BCUT2D eigenvalue weighted by molar-refractivity contribution is 0.0697. The molecule has 0 aromatic heterocycles. The van der Waals surface area contributed by atoms with Crippen LogP contribution in [0.2, 0.25) is 0 Å². The number of hydrogen-bond acceptors (Lipinski definition) is 3. The molecular weight excluding hydrogens is 326 g/mol. The van der Waals surface area contributed by atoms with Gasteiger partial charge in [0, 0.05) is 18.5 Å². The number of aromatic carboxylic acids is 1. The summed E-state index contributed by atoms with van der Waals surface area (Å²) in [5, 5.41) is 12.6. The van der Waals surface area contributed by atoms with E-state index >= 15 is 0 Å². The summed E-state index contributed by atoms with van der Waals surface area (Å²) in [6.45, 7) is 1.68. The van der Waals surface area contributed by atoms with Crippen LogP contribution in [-0.2, 0) is 12.0 Å². The Balaban J connectivity index is 1.67. The van der Waals surface area contributed by atoms with Gasteiger partial charge in [0.25, 0.3) is 0 Å². The van der Waals surface area contributed by atoms with E-state index < -0.39 is 5.97 Å². The van der Waals surface area contributed by atoms with Crippen molar-refractivity contribution in [2.45, 2.75) is 44.1 Å². The molecule has 0 atom stereocenters. The number of benzene rings is 2. The van der Waals surface area contributed by atoms with Crippen molar-refractivity contribution < 1.29 is 14.6 Å². The van der Waals surface area contributed by atoms with Crippen LogP contribution in [0.25, 0.3) is 0 Å². The van der Waals surface area contributed by atoms with Gasteiger partial charge in [0.2, 0.25) is 0 Å². The van der Waals surface area contributed by atoms with Gasteiger partial charge in [-0.25, -0.2) is 4.79 Å². The first-order valence-corrected chi connectivity index (χ1v) is 9.30. The van der Waals surface area contributed by atoms with Crippen LogP contribution >= 0.6 is 0 Å². The topological polar surface area (TPSA) is 58.6 Å². The maximum Gasteiger partial charge on any atom is 0.335 e. The van der Waals surface area contributed by atoms with Crippen molar-refractivity contribution in [3.8, 4) is 5.75 Å². The van der Waals surface area contributed by atoms with E-state index in [1.807, 2.05) is 12.1 Å². The minimum atomic E-state index is -0.884. The van der Waals surface area contributed by atoms with Crippen LogP contribution in [0.4, 0.5) is 0 Å². The van der Waals surface area contributed by atoms with Crippen molar-refractivity contribution in [3.05, 3.63) is 65.2 Å². The molecule has 4 heteroatoms. The van der Waals surface area contributed by atoms with Gasteiger partial charge in [0.15, 0.2) is 0 Å². The van der Waals surface area contributed by atoms with Crippen molar-refractivity contribution in [2.75, 3.05) is 13.7 Å². The monoisotopic (exact) mass is 353 g/mol. The van der Waals surface area contributed by atoms with E-state index in [0.717, 1.165) is 24.4 Å². The largest absolute Gasteiger partial charge is 0.497 e. The van der Waals surface area contributed by atoms with Crippen molar-refractivity contribution in [3.63, 3.8) is 0 Å². The summed E-state index contributed by atoms with van der Waals surface area (Å²) in [6.07, 6.45) is 6.24. The molecule has 3 rings (SSSR count). The van der Waals surface area contributed by atoms with Gasteiger partial charge >= 0.3 is 5.97 Å². The minimum absolute atomic E-state index is 0.172. The fraction of sp³-hybridized carbons (Fsp3) is 0.409. The number of nitrogens with one attached hydrogen (secondary N) is 1. The first kappa shape index (κ1) is 18.5. The summed E-state index contributed by atoms with van der Waals surface area (Å²) in [7, 11) is 1.70. The highest BCUT2D eigenvalue weighted by molar-refractivity contribution is 5.87. The van der Waals surface area contributed by atoms with Crippen LogP contribution in [0.3, 0.4) is 0 Å². The molecule has 1 fully saturated rings. The predicted molar refractivity (Wildman–Crippen MR) is 103 cm³/mol. The van der Waals surface area contributed by atoms with Gasteiger partial charge in [-0.05, 0) is 48.2 Å². The molecular formula is C22H27NO3. The molecule has 2 aromatic rings. The van der Waals surface area contributed by atoms with Crippen molar-refractivity contribution >= 4 is 5.97 Å². The van der Waals surface area contributed by atoms with Crippen LogP contribution in [0.5, 0.6) is 5.75 Å². The van der Waals surface area contributed by atoms with Crippen molar-refractivity contribution in [2.24, 2.45) is 0 Å². The number of carboxylic acid groups (broad SMARTS) is 1. The maximum absolute atomic E-state index is 11.0. The normalized spacial score (nSPS) is 16.2. The smallest absolute Gasteiger partial charge is 0.335 e. The molecule has 0 bridgehead atoms. The molecule has 1 saturated carbocycles. The standard InChI is InChI=1S/C22H27NO3/c1-26-20-11-9-19(10-12-20)22(13-3-2-4-14-22)16-23-15-17-5-7-18(8-6-17)21(24)25/h5-12,23H,2-4,13-16H2,1H3,(H,24,25). The summed E-state index contributed by atoms with van der Waals surface area (Å²) in [4.78, 5) is 11.0. The van der Waals surface area contributed by atoms with Crippen molar-refractivity contribution in [1.82, 2.24) is 5.32 Å². The van der Waals surface area contributed by atoms with Crippen LogP contribution < -0.4 is 10.1 Å². The molecule has 2 N–H and O–H groups in total. The average Bonchev–Trinajstić information content (AvgIpc) is 2.69. The SMILES string of the molecule is COc1ccc(C2(CNCc3ccc(C(=O)O)cc3)CCCCC2)cc1. The van der Waals surface area contributed by atoms with Gasteiger partial charge in [0.05, 0.1) is 12.7 Å². The van der Waals surface area contributed by atoms with Gasteiger partial charge in [-0.3, -0.25) is 0 Å². The summed E-state index contributed by atoms with van der Waals surface area (Å²) in [5.74, 6) is 0.0105. The molecule has 4 nitrogen and oxygen atoms in total. The lowest BCUT2D eigenvalue weighted by atomic mass is 9.69. The Morgan fingerprint density at radius 2 is 1.69 bits per heavy atom. The molecule has 138 valence electrons. The number of rotatable bonds is 7. The summed E-state index contributed by atoms with van der Waals surface area (Å²) in [6, 6.07) is 15.6. The van der Waals surface area contributed by atoms with Crippen molar-refractivity contribution in [1.29, 1.82) is 0 Å². The number of carbonyl (C=O) groups is 1. The van der Waals surface area contributed by atoms with Crippen LogP contribution in [-0.4, -0.2) is 24.7 Å². The van der Waals surface area contributed by atoms with Gasteiger partial charge in [-0.15, -0.1) is 0 Å². The summed E-state index contributed by atoms with van der Waals surface area (Å²) >= 11 is 0. The summed E-state index contributed by atoms with van der Waals surface area (Å²) in [5.41, 5.74) is 2.99. The Bertz CT molecular complexity index is 716. The van der Waals surface area contributed by atoms with E-state index in [1.54, 1.807) is 19.2 Å². The van der Waals surface area contributed by atoms with Gasteiger partial charge < -0.3 is 15.2 Å². The number of carboxylic acids is 1. The van der Waals surface area contributed by atoms with Gasteiger partial charge in [0.1, 0.15) is 5.75 Å². The third-order valence-electron chi connectivity index (χ3n) is 5.51. The molecule has 0 spiro atoms.